The molecule has 2 rings (SSSR count). The molecule has 0 aliphatic rings. The van der Waals surface area contributed by atoms with E-state index in [0.717, 1.165) is 0 Å². The number of urea groups is 1. The number of halogens is 1. The van der Waals surface area contributed by atoms with Gasteiger partial charge in [-0.15, -0.1) is 0 Å². The second-order valence-electron chi connectivity index (χ2n) is 4.06. The van der Waals surface area contributed by atoms with Crippen molar-refractivity contribution in [2.24, 2.45) is 0 Å². The van der Waals surface area contributed by atoms with Gasteiger partial charge in [-0.3, -0.25) is 4.79 Å². The van der Waals surface area contributed by atoms with Gasteiger partial charge >= 0.3 is 6.03 Å². The quantitative estimate of drug-likeness (QED) is 0.849. The number of aryl methyl sites for hydroxylation is 1. The molecule has 20 heavy (non-hydrogen) atoms. The smallest absolute Gasteiger partial charge is 0.319 e. The van der Waals surface area contributed by atoms with E-state index in [9.17, 15) is 9.59 Å². The van der Waals surface area contributed by atoms with Gasteiger partial charge in [-0.25, -0.2) is 4.79 Å². The van der Waals surface area contributed by atoms with Gasteiger partial charge in [-0.1, -0.05) is 16.8 Å². The predicted molar refractivity (Wildman–Crippen MR) is 74.0 cm³/mol. The van der Waals surface area contributed by atoms with Crippen molar-refractivity contribution in [1.29, 1.82) is 0 Å². The van der Waals surface area contributed by atoms with Crippen LogP contribution in [0.25, 0.3) is 0 Å². The third-order valence-corrected chi connectivity index (χ3v) is 2.68. The Balaban J connectivity index is 1.83. The number of benzene rings is 1. The van der Waals surface area contributed by atoms with Gasteiger partial charge in [0, 0.05) is 16.8 Å². The molecule has 2 N–H and O–H groups in total. The molecule has 0 aliphatic heterocycles. The molecule has 104 valence electrons. The molecule has 2 aromatic rings. The fourth-order valence-electron chi connectivity index (χ4n) is 1.46. The molecule has 1 heterocycles. The second kappa shape index (κ2) is 6.21. The zero-order chi connectivity index (χ0) is 14.5. The van der Waals surface area contributed by atoms with E-state index in [1.54, 1.807) is 31.2 Å². The lowest BCUT2D eigenvalue weighted by molar-refractivity contribution is 0.0984. The van der Waals surface area contributed by atoms with Crippen molar-refractivity contribution in [3.05, 3.63) is 46.8 Å². The molecule has 0 atom stereocenters. The fourth-order valence-corrected chi connectivity index (χ4v) is 1.58. The number of nitrogens with one attached hydrogen (secondary N) is 2. The zero-order valence-electron chi connectivity index (χ0n) is 10.6. The molecular formula is C13H12ClN3O3. The zero-order valence-corrected chi connectivity index (χ0v) is 11.4. The van der Waals surface area contributed by atoms with Crippen molar-refractivity contribution in [2.75, 3.05) is 11.9 Å². The molecule has 0 spiro atoms. The number of carbonyl (C=O) groups excluding carboxylic acids is 2. The van der Waals surface area contributed by atoms with Gasteiger partial charge in [-0.2, -0.15) is 0 Å². The molecule has 6 nitrogen and oxygen atoms in total. The molecule has 1 aromatic heterocycles. The Labute approximate surface area is 120 Å². The number of ketones is 1. The third kappa shape index (κ3) is 3.83. The highest BCUT2D eigenvalue weighted by atomic mass is 35.5. The molecule has 2 amide bonds. The molecule has 7 heteroatoms. The van der Waals surface area contributed by atoms with Gasteiger partial charge in [0.25, 0.3) is 0 Å². The van der Waals surface area contributed by atoms with Crippen LogP contribution in [0, 0.1) is 6.92 Å². The molecule has 0 fully saturated rings. The average molecular weight is 294 g/mol. The standard InChI is InChI=1S/C13H12ClN3O3/c1-8-6-11(17-20-8)12(18)7-15-13(19)16-10-4-2-9(14)3-5-10/h2-6H,7H2,1H3,(H2,15,16,19). The maximum absolute atomic E-state index is 11.7. The topological polar surface area (TPSA) is 84.2 Å². The summed E-state index contributed by atoms with van der Waals surface area (Å²) in [5.41, 5.74) is 0.769. The van der Waals surface area contributed by atoms with E-state index in [-0.39, 0.29) is 18.0 Å². The minimum absolute atomic E-state index is 0.161. The number of nitrogens with zero attached hydrogens (tertiary/aromatic N) is 1. The fraction of sp³-hybridized carbons (Fsp3) is 0.154. The van der Waals surface area contributed by atoms with Crippen LogP contribution < -0.4 is 10.6 Å². The van der Waals surface area contributed by atoms with E-state index in [0.29, 0.717) is 16.5 Å². The summed E-state index contributed by atoms with van der Waals surface area (Å²) < 4.78 is 4.79. The number of hydrogen-bond donors (Lipinski definition) is 2. The summed E-state index contributed by atoms with van der Waals surface area (Å²) >= 11 is 5.73. The van der Waals surface area contributed by atoms with E-state index in [1.165, 1.54) is 6.07 Å². The Kier molecular flexibility index (Phi) is 4.37. The number of rotatable bonds is 4. The number of carbonyl (C=O) groups is 2. The van der Waals surface area contributed by atoms with Crippen LogP contribution in [0.15, 0.2) is 34.9 Å². The SMILES string of the molecule is Cc1cc(C(=O)CNC(=O)Nc2ccc(Cl)cc2)no1. The first-order valence-corrected chi connectivity index (χ1v) is 6.19. The highest BCUT2D eigenvalue weighted by molar-refractivity contribution is 6.30. The molecule has 0 saturated carbocycles. The molecule has 1 aromatic carbocycles. The van der Waals surface area contributed by atoms with Gasteiger partial charge < -0.3 is 15.2 Å². The number of anilines is 1. The van der Waals surface area contributed by atoms with Crippen molar-refractivity contribution in [2.45, 2.75) is 6.92 Å². The van der Waals surface area contributed by atoms with Crippen molar-refractivity contribution in [1.82, 2.24) is 10.5 Å². The van der Waals surface area contributed by atoms with E-state index in [2.05, 4.69) is 15.8 Å². The summed E-state index contributed by atoms with van der Waals surface area (Å²) in [5, 5.41) is 9.17. The minimum Gasteiger partial charge on any atom is -0.361 e. The maximum atomic E-state index is 11.7. The van der Waals surface area contributed by atoms with E-state index >= 15 is 0 Å². The van der Waals surface area contributed by atoms with Crippen molar-refractivity contribution >= 4 is 29.1 Å². The van der Waals surface area contributed by atoms with E-state index in [4.69, 9.17) is 16.1 Å². The Hall–Kier alpha value is -2.34. The Morgan fingerprint density at radius 1 is 1.30 bits per heavy atom. The number of Topliss-reactive ketones (excluding diaryl/α,β-unsaturated/α-hetero) is 1. The lowest BCUT2D eigenvalue weighted by atomic mass is 10.2. The van der Waals surface area contributed by atoms with Gasteiger partial charge in [0.15, 0.2) is 5.69 Å². The number of aromatic nitrogens is 1. The first-order chi connectivity index (χ1) is 9.54. The Morgan fingerprint density at radius 2 is 2.00 bits per heavy atom. The van der Waals surface area contributed by atoms with Crippen LogP contribution >= 0.6 is 11.6 Å². The Morgan fingerprint density at radius 3 is 2.60 bits per heavy atom. The second-order valence-corrected chi connectivity index (χ2v) is 4.50. The van der Waals surface area contributed by atoms with Crippen LogP contribution in [0.1, 0.15) is 16.2 Å². The molecule has 0 bridgehead atoms. The highest BCUT2D eigenvalue weighted by Gasteiger charge is 2.12. The highest BCUT2D eigenvalue weighted by Crippen LogP contribution is 2.13. The van der Waals surface area contributed by atoms with E-state index in [1.807, 2.05) is 0 Å². The van der Waals surface area contributed by atoms with Crippen LogP contribution in [0.3, 0.4) is 0 Å². The van der Waals surface area contributed by atoms with Crippen LogP contribution in [0.4, 0.5) is 10.5 Å². The lowest BCUT2D eigenvalue weighted by Crippen LogP contribution is -2.33. The van der Waals surface area contributed by atoms with Gasteiger partial charge in [0.05, 0.1) is 6.54 Å². The predicted octanol–water partition coefficient (Wildman–Crippen LogP) is 2.64. The monoisotopic (exact) mass is 293 g/mol. The first-order valence-electron chi connectivity index (χ1n) is 5.81. The summed E-state index contributed by atoms with van der Waals surface area (Å²) in [7, 11) is 0. The van der Waals surface area contributed by atoms with Gasteiger partial charge in [-0.05, 0) is 31.2 Å². The van der Waals surface area contributed by atoms with Crippen LogP contribution in [0.2, 0.25) is 5.02 Å². The number of amides is 2. The normalized spacial score (nSPS) is 10.1. The van der Waals surface area contributed by atoms with Crippen LogP contribution in [-0.2, 0) is 0 Å². The number of hydrogen-bond acceptors (Lipinski definition) is 4. The summed E-state index contributed by atoms with van der Waals surface area (Å²) in [6.07, 6.45) is 0. The lowest BCUT2D eigenvalue weighted by Gasteiger charge is -2.06. The Bertz CT molecular complexity index is 622. The molecular weight excluding hydrogens is 282 g/mol. The maximum Gasteiger partial charge on any atom is 0.319 e. The van der Waals surface area contributed by atoms with Crippen LogP contribution in [0.5, 0.6) is 0 Å². The minimum atomic E-state index is -0.485. The molecule has 0 saturated heterocycles. The van der Waals surface area contributed by atoms with Gasteiger partial charge in [0.2, 0.25) is 5.78 Å². The molecule has 0 radical (unpaired) electrons. The first kappa shape index (κ1) is 14.1. The van der Waals surface area contributed by atoms with Gasteiger partial charge in [0.1, 0.15) is 5.76 Å². The summed E-state index contributed by atoms with van der Waals surface area (Å²) in [5.74, 6) is 0.215. The van der Waals surface area contributed by atoms with Crippen LogP contribution in [-0.4, -0.2) is 23.5 Å². The summed E-state index contributed by atoms with van der Waals surface area (Å²) in [6, 6.07) is 7.65. The average Bonchev–Trinajstić information content (AvgIpc) is 2.85. The van der Waals surface area contributed by atoms with Crippen molar-refractivity contribution < 1.29 is 14.1 Å². The molecule has 0 aliphatic carbocycles. The van der Waals surface area contributed by atoms with E-state index < -0.39 is 6.03 Å². The largest absolute Gasteiger partial charge is 0.361 e. The van der Waals surface area contributed by atoms with Crippen molar-refractivity contribution in [3.63, 3.8) is 0 Å². The summed E-state index contributed by atoms with van der Waals surface area (Å²) in [6.45, 7) is 1.52. The third-order valence-electron chi connectivity index (χ3n) is 2.43. The summed E-state index contributed by atoms with van der Waals surface area (Å²) in [4.78, 5) is 23.3. The molecule has 0 unspecified atom stereocenters. The van der Waals surface area contributed by atoms with Crippen molar-refractivity contribution in [3.8, 4) is 0 Å².